The molecule has 0 atom stereocenters. The van der Waals surface area contributed by atoms with Crippen molar-refractivity contribution in [2.75, 3.05) is 0 Å². The smallest absolute Gasteiger partial charge is 0.246 e. The molecule has 0 amide bonds. The molecule has 0 aliphatic carbocycles. The van der Waals surface area contributed by atoms with Crippen LogP contribution in [0.2, 0.25) is 5.02 Å². The third kappa shape index (κ3) is 2.34. The fraction of sp³-hybridized carbons (Fsp3) is 0.0625. The molecule has 3 rings (SSSR count). The maximum absolute atomic E-state index is 9.12. The second-order valence-corrected chi connectivity index (χ2v) is 4.72. The van der Waals surface area contributed by atoms with E-state index < -0.39 is 0 Å². The number of nitriles is 1. The van der Waals surface area contributed by atoms with E-state index >= 15 is 0 Å². The normalized spacial score (nSPS) is 10.4. The Labute approximate surface area is 121 Å². The molecule has 0 radical (unpaired) electrons. The van der Waals surface area contributed by atoms with Gasteiger partial charge in [0.1, 0.15) is 18.3 Å². The largest absolute Gasteiger partial charge is 0.483 e. The number of ether oxygens (including phenoxy) is 1. The van der Waals surface area contributed by atoms with E-state index in [1.165, 1.54) is 0 Å². The zero-order valence-electron chi connectivity index (χ0n) is 10.5. The van der Waals surface area contributed by atoms with Crippen molar-refractivity contribution in [2.24, 2.45) is 0 Å². The summed E-state index contributed by atoms with van der Waals surface area (Å²) in [6.07, 6.45) is 0. The molecule has 20 heavy (non-hydrogen) atoms. The van der Waals surface area contributed by atoms with E-state index in [0.717, 1.165) is 10.9 Å². The van der Waals surface area contributed by atoms with Gasteiger partial charge < -0.3 is 9.15 Å². The Morgan fingerprint density at radius 1 is 1.15 bits per heavy atom. The van der Waals surface area contributed by atoms with Gasteiger partial charge in [0, 0.05) is 5.02 Å². The van der Waals surface area contributed by atoms with Gasteiger partial charge >= 0.3 is 0 Å². The molecule has 0 saturated heterocycles. The highest BCUT2D eigenvalue weighted by Gasteiger charge is 2.14. The van der Waals surface area contributed by atoms with Gasteiger partial charge in [-0.05, 0) is 29.8 Å². The summed E-state index contributed by atoms with van der Waals surface area (Å²) in [4.78, 5) is 0. The molecule has 0 spiro atoms. The van der Waals surface area contributed by atoms with Crippen molar-refractivity contribution >= 4 is 22.6 Å². The minimum Gasteiger partial charge on any atom is -0.483 e. The number of nitrogens with zero attached hydrogens (tertiary/aromatic N) is 1. The number of hydrogen-bond donors (Lipinski definition) is 0. The van der Waals surface area contributed by atoms with Crippen LogP contribution in [0.5, 0.6) is 5.75 Å². The van der Waals surface area contributed by atoms with Gasteiger partial charge in [0.15, 0.2) is 5.75 Å². The lowest BCUT2D eigenvalue weighted by Gasteiger charge is -2.05. The second kappa shape index (κ2) is 5.28. The Bertz CT molecular complexity index is 802. The fourth-order valence-corrected chi connectivity index (χ4v) is 2.23. The quantitative estimate of drug-likeness (QED) is 0.709. The molecule has 0 aliphatic rings. The summed E-state index contributed by atoms with van der Waals surface area (Å²) in [6.45, 7) is 0.332. The van der Waals surface area contributed by atoms with E-state index in [2.05, 4.69) is 0 Å². The number of halogens is 1. The minimum atomic E-state index is 0.188. The van der Waals surface area contributed by atoms with Crippen molar-refractivity contribution in [3.8, 4) is 11.8 Å². The van der Waals surface area contributed by atoms with Crippen LogP contribution in [0.25, 0.3) is 11.0 Å². The summed E-state index contributed by atoms with van der Waals surface area (Å²) in [5.41, 5.74) is 1.58. The zero-order chi connectivity index (χ0) is 13.9. The van der Waals surface area contributed by atoms with Crippen LogP contribution >= 0.6 is 11.6 Å². The third-order valence-electron chi connectivity index (χ3n) is 2.92. The van der Waals surface area contributed by atoms with Crippen molar-refractivity contribution in [3.63, 3.8) is 0 Å². The molecule has 0 N–H and O–H groups in total. The summed E-state index contributed by atoms with van der Waals surface area (Å²) in [6, 6.07) is 16.8. The van der Waals surface area contributed by atoms with Crippen LogP contribution < -0.4 is 4.74 Å². The molecule has 4 heteroatoms. The Morgan fingerprint density at radius 3 is 2.80 bits per heavy atom. The maximum Gasteiger partial charge on any atom is 0.246 e. The first-order chi connectivity index (χ1) is 9.78. The Kier molecular flexibility index (Phi) is 3.32. The Hall–Kier alpha value is -2.44. The first-order valence-corrected chi connectivity index (χ1v) is 6.44. The average molecular weight is 284 g/mol. The predicted molar refractivity (Wildman–Crippen MR) is 76.7 cm³/mol. The Balaban J connectivity index is 1.93. The van der Waals surface area contributed by atoms with Gasteiger partial charge in [0.05, 0.1) is 5.39 Å². The van der Waals surface area contributed by atoms with Gasteiger partial charge in [-0.15, -0.1) is 0 Å². The van der Waals surface area contributed by atoms with E-state index in [1.54, 1.807) is 6.07 Å². The van der Waals surface area contributed by atoms with Crippen LogP contribution in [0.15, 0.2) is 52.9 Å². The van der Waals surface area contributed by atoms with Gasteiger partial charge in [0.2, 0.25) is 5.76 Å². The molecule has 98 valence electrons. The molecular formula is C16H10ClNO2. The summed E-state index contributed by atoms with van der Waals surface area (Å²) in [5, 5.41) is 10.6. The highest BCUT2D eigenvalue weighted by atomic mass is 35.5. The van der Waals surface area contributed by atoms with Crippen LogP contribution in [0.3, 0.4) is 0 Å². The SMILES string of the molecule is N#Cc1oc2ccccc2c1OCc1cccc(Cl)c1. The third-order valence-corrected chi connectivity index (χ3v) is 3.16. The van der Waals surface area contributed by atoms with Gasteiger partial charge in [-0.2, -0.15) is 5.26 Å². The molecule has 2 aromatic carbocycles. The number of para-hydroxylation sites is 1. The Morgan fingerprint density at radius 2 is 2.00 bits per heavy atom. The maximum atomic E-state index is 9.12. The van der Waals surface area contributed by atoms with Crippen LogP contribution in [0, 0.1) is 11.3 Å². The molecule has 3 nitrogen and oxygen atoms in total. The standard InChI is InChI=1S/C16H10ClNO2/c17-12-5-3-4-11(8-12)10-19-16-13-6-1-2-7-14(13)20-15(16)9-18/h1-8H,10H2. The number of fused-ring (bicyclic) bond motifs is 1. The van der Waals surface area contributed by atoms with Crippen LogP contribution in [-0.2, 0) is 6.61 Å². The van der Waals surface area contributed by atoms with Crippen LogP contribution in [-0.4, -0.2) is 0 Å². The summed E-state index contributed by atoms with van der Waals surface area (Å²) >= 11 is 5.93. The molecule has 0 unspecified atom stereocenters. The first kappa shape index (κ1) is 12.6. The highest BCUT2D eigenvalue weighted by Crippen LogP contribution is 2.33. The molecule has 0 saturated carbocycles. The summed E-state index contributed by atoms with van der Waals surface area (Å²) in [7, 11) is 0. The van der Waals surface area contributed by atoms with Gasteiger partial charge in [-0.25, -0.2) is 0 Å². The number of hydrogen-bond acceptors (Lipinski definition) is 3. The molecule has 0 bridgehead atoms. The highest BCUT2D eigenvalue weighted by molar-refractivity contribution is 6.30. The molecule has 1 heterocycles. The van der Waals surface area contributed by atoms with Crippen molar-refractivity contribution in [1.29, 1.82) is 5.26 Å². The van der Waals surface area contributed by atoms with E-state index in [0.29, 0.717) is 23.0 Å². The van der Waals surface area contributed by atoms with Crippen molar-refractivity contribution in [1.82, 2.24) is 0 Å². The minimum absolute atomic E-state index is 0.188. The molecule has 0 fully saturated rings. The van der Waals surface area contributed by atoms with Gasteiger partial charge in [-0.1, -0.05) is 35.9 Å². The predicted octanol–water partition coefficient (Wildman–Crippen LogP) is 4.54. The lowest BCUT2D eigenvalue weighted by molar-refractivity contribution is 0.303. The molecule has 0 aliphatic heterocycles. The zero-order valence-corrected chi connectivity index (χ0v) is 11.2. The van der Waals surface area contributed by atoms with Crippen molar-refractivity contribution < 1.29 is 9.15 Å². The van der Waals surface area contributed by atoms with Gasteiger partial charge in [0.25, 0.3) is 0 Å². The van der Waals surface area contributed by atoms with Crippen molar-refractivity contribution in [2.45, 2.75) is 6.61 Å². The molecule has 3 aromatic rings. The topological polar surface area (TPSA) is 46.2 Å². The fourth-order valence-electron chi connectivity index (χ4n) is 2.02. The second-order valence-electron chi connectivity index (χ2n) is 4.29. The number of furan rings is 1. The monoisotopic (exact) mass is 283 g/mol. The lowest BCUT2D eigenvalue weighted by Crippen LogP contribution is -1.95. The first-order valence-electron chi connectivity index (χ1n) is 6.07. The van der Waals surface area contributed by atoms with E-state index in [4.69, 9.17) is 26.0 Å². The number of benzene rings is 2. The lowest BCUT2D eigenvalue weighted by atomic mass is 10.2. The van der Waals surface area contributed by atoms with E-state index in [9.17, 15) is 0 Å². The van der Waals surface area contributed by atoms with Crippen LogP contribution in [0.4, 0.5) is 0 Å². The van der Waals surface area contributed by atoms with E-state index in [1.807, 2.05) is 48.5 Å². The van der Waals surface area contributed by atoms with Crippen LogP contribution in [0.1, 0.15) is 11.3 Å². The van der Waals surface area contributed by atoms with E-state index in [-0.39, 0.29) is 5.76 Å². The summed E-state index contributed by atoms with van der Waals surface area (Å²) < 4.78 is 11.2. The average Bonchev–Trinajstić information content (AvgIpc) is 2.83. The molecule has 1 aromatic heterocycles. The molecular weight excluding hydrogens is 274 g/mol. The van der Waals surface area contributed by atoms with Crippen molar-refractivity contribution in [3.05, 3.63) is 64.9 Å². The number of rotatable bonds is 3. The summed E-state index contributed by atoms with van der Waals surface area (Å²) in [5.74, 6) is 0.663. The van der Waals surface area contributed by atoms with Gasteiger partial charge in [-0.3, -0.25) is 0 Å².